The third-order valence-corrected chi connectivity index (χ3v) is 8.58. The minimum absolute atomic E-state index is 0.0748. The largest absolute Gasteiger partial charge is 0.397 e. The van der Waals surface area contributed by atoms with E-state index in [-0.39, 0.29) is 18.1 Å². The molecule has 0 bridgehead atoms. The Morgan fingerprint density at radius 1 is 0.860 bits per heavy atom. The highest BCUT2D eigenvalue weighted by Gasteiger charge is 2.27. The van der Waals surface area contributed by atoms with Gasteiger partial charge in [-0.3, -0.25) is 14.9 Å². The Kier molecular flexibility index (Phi) is 7.82. The molecule has 0 atom stereocenters. The summed E-state index contributed by atoms with van der Waals surface area (Å²) in [6.07, 6.45) is 0. The van der Waals surface area contributed by atoms with Gasteiger partial charge in [-0.15, -0.1) is 11.3 Å². The first-order chi connectivity index (χ1) is 20.8. The van der Waals surface area contributed by atoms with Gasteiger partial charge >= 0.3 is 0 Å². The Hall–Kier alpha value is -4.76. The second-order valence-electron chi connectivity index (χ2n) is 9.74. The number of nitrogens with two attached hydrogens (primary N) is 1. The molecule has 0 unspecified atom stereocenters. The maximum absolute atomic E-state index is 14.3. The Labute approximate surface area is 260 Å². The lowest BCUT2D eigenvalue weighted by Crippen LogP contribution is -2.30. The number of anilines is 2. The van der Waals surface area contributed by atoms with E-state index in [2.05, 4.69) is 0 Å². The zero-order valence-electron chi connectivity index (χ0n) is 22.4. The van der Waals surface area contributed by atoms with Crippen LogP contribution in [0.1, 0.15) is 15.2 Å². The minimum Gasteiger partial charge on any atom is -0.397 e. The number of hydrogen-bond donors (Lipinski definition) is 1. The molecule has 1 amide bonds. The van der Waals surface area contributed by atoms with Gasteiger partial charge in [-0.05, 0) is 59.2 Å². The van der Waals surface area contributed by atoms with Gasteiger partial charge in [0, 0.05) is 38.8 Å². The van der Waals surface area contributed by atoms with E-state index in [1.165, 1.54) is 23.5 Å². The molecule has 10 heteroatoms. The number of nitro groups is 1. The molecule has 0 aliphatic carbocycles. The van der Waals surface area contributed by atoms with Crippen LogP contribution in [0, 0.1) is 10.1 Å². The lowest BCUT2D eigenvalue weighted by atomic mass is 9.99. The predicted molar refractivity (Wildman–Crippen MR) is 175 cm³/mol. The van der Waals surface area contributed by atoms with Crippen molar-refractivity contribution in [3.8, 4) is 22.4 Å². The SMILES string of the molecule is Nc1c(C(=O)N(Cc2ccc(Cl)cc2)c2ccc([N+](=O)[O-])cc2)sc2nc(-c3ccccc3)cc(-c3ccc(Cl)cc3)c12. The molecule has 212 valence electrons. The van der Waals surface area contributed by atoms with E-state index in [1.54, 1.807) is 29.2 Å². The summed E-state index contributed by atoms with van der Waals surface area (Å²) in [4.78, 5) is 32.5. The number of aromatic nitrogens is 1. The summed E-state index contributed by atoms with van der Waals surface area (Å²) in [5.74, 6) is -0.354. The van der Waals surface area contributed by atoms with Crippen molar-refractivity contribution in [2.45, 2.75) is 6.54 Å². The zero-order chi connectivity index (χ0) is 30.1. The highest BCUT2D eigenvalue weighted by molar-refractivity contribution is 7.21. The van der Waals surface area contributed by atoms with Crippen molar-refractivity contribution in [2.24, 2.45) is 0 Å². The minimum atomic E-state index is -0.479. The van der Waals surface area contributed by atoms with Crippen LogP contribution in [0.2, 0.25) is 10.0 Å². The average Bonchev–Trinajstić information content (AvgIpc) is 3.37. The number of nitrogens with zero attached hydrogens (tertiary/aromatic N) is 3. The molecule has 0 radical (unpaired) electrons. The van der Waals surface area contributed by atoms with E-state index < -0.39 is 4.92 Å². The van der Waals surface area contributed by atoms with Crippen LogP contribution >= 0.6 is 34.5 Å². The van der Waals surface area contributed by atoms with Crippen molar-refractivity contribution in [1.82, 2.24) is 4.98 Å². The van der Waals surface area contributed by atoms with E-state index in [0.29, 0.717) is 36.5 Å². The number of carbonyl (C=O) groups is 1. The summed E-state index contributed by atoms with van der Waals surface area (Å²) in [5.41, 5.74) is 11.7. The predicted octanol–water partition coefficient (Wildman–Crippen LogP) is 9.27. The third kappa shape index (κ3) is 5.81. The first-order valence-electron chi connectivity index (χ1n) is 13.1. The van der Waals surface area contributed by atoms with Gasteiger partial charge in [-0.25, -0.2) is 4.98 Å². The molecule has 7 nitrogen and oxygen atoms in total. The Balaban J connectivity index is 1.51. The molecule has 43 heavy (non-hydrogen) atoms. The summed E-state index contributed by atoms with van der Waals surface area (Å²) in [7, 11) is 0. The lowest BCUT2D eigenvalue weighted by molar-refractivity contribution is -0.384. The van der Waals surface area contributed by atoms with E-state index >= 15 is 0 Å². The van der Waals surface area contributed by atoms with Crippen molar-refractivity contribution >= 4 is 67.7 Å². The normalized spacial score (nSPS) is 11.0. The number of thiophene rings is 1. The summed E-state index contributed by atoms with van der Waals surface area (Å²) >= 11 is 13.5. The van der Waals surface area contributed by atoms with E-state index in [1.807, 2.05) is 72.8 Å². The maximum atomic E-state index is 14.3. The molecule has 0 aliphatic heterocycles. The summed E-state index contributed by atoms with van der Waals surface area (Å²) in [6, 6.07) is 32.2. The van der Waals surface area contributed by atoms with Crippen LogP contribution in [0.3, 0.4) is 0 Å². The van der Waals surface area contributed by atoms with Crippen LogP contribution in [0.4, 0.5) is 17.1 Å². The highest BCUT2D eigenvalue weighted by Crippen LogP contribution is 2.42. The fourth-order valence-corrected chi connectivity index (χ4v) is 6.14. The Bertz CT molecular complexity index is 1960. The van der Waals surface area contributed by atoms with Crippen molar-refractivity contribution in [2.75, 3.05) is 10.6 Å². The van der Waals surface area contributed by atoms with Crippen molar-refractivity contribution in [3.63, 3.8) is 0 Å². The summed E-state index contributed by atoms with van der Waals surface area (Å²) in [6.45, 7) is 0.189. The topological polar surface area (TPSA) is 102 Å². The summed E-state index contributed by atoms with van der Waals surface area (Å²) < 4.78 is 0. The summed E-state index contributed by atoms with van der Waals surface area (Å²) in [5, 5.41) is 13.1. The fourth-order valence-electron chi connectivity index (χ4n) is 4.82. The molecule has 0 aliphatic rings. The quantitative estimate of drug-likeness (QED) is 0.141. The average molecular weight is 626 g/mol. The molecule has 6 aromatic rings. The smallest absolute Gasteiger partial charge is 0.270 e. The second kappa shape index (κ2) is 11.9. The Morgan fingerprint density at radius 3 is 2.12 bits per heavy atom. The van der Waals surface area contributed by atoms with Crippen LogP contribution in [-0.4, -0.2) is 15.8 Å². The first kappa shape index (κ1) is 28.4. The number of non-ortho nitro benzene ring substituents is 1. The number of hydrogen-bond acceptors (Lipinski definition) is 6. The first-order valence-corrected chi connectivity index (χ1v) is 14.7. The molecule has 0 saturated carbocycles. The van der Waals surface area contributed by atoms with Crippen LogP contribution in [0.15, 0.2) is 109 Å². The number of nitro benzene ring substituents is 1. The van der Waals surface area contributed by atoms with Crippen molar-refractivity contribution < 1.29 is 9.72 Å². The highest BCUT2D eigenvalue weighted by atomic mass is 35.5. The van der Waals surface area contributed by atoms with Gasteiger partial charge in [0.2, 0.25) is 0 Å². The van der Waals surface area contributed by atoms with Crippen LogP contribution < -0.4 is 10.6 Å². The number of nitrogen functional groups attached to an aromatic ring is 1. The van der Waals surface area contributed by atoms with E-state index in [9.17, 15) is 14.9 Å². The van der Waals surface area contributed by atoms with E-state index in [0.717, 1.165) is 27.9 Å². The molecule has 0 spiro atoms. The number of pyridine rings is 1. The molecular weight excluding hydrogens is 603 g/mol. The lowest BCUT2D eigenvalue weighted by Gasteiger charge is -2.23. The van der Waals surface area contributed by atoms with Gasteiger partial charge in [0.25, 0.3) is 11.6 Å². The molecule has 0 fully saturated rings. The molecule has 4 aromatic carbocycles. The van der Waals surface area contributed by atoms with Gasteiger partial charge in [0.15, 0.2) is 0 Å². The number of amides is 1. The fraction of sp³-hybridized carbons (Fsp3) is 0.0303. The standard InChI is InChI=1S/C33H22Cl2N4O3S/c34-23-10-6-20(7-11-23)19-38(25-14-16-26(17-15-25)39(41)42)33(40)31-30(36)29-27(21-8-12-24(35)13-9-21)18-28(37-32(29)43-31)22-4-2-1-3-5-22/h1-18H,19,36H2. The van der Waals surface area contributed by atoms with Crippen LogP contribution in [-0.2, 0) is 6.54 Å². The molecule has 2 aromatic heterocycles. The van der Waals surface area contributed by atoms with E-state index in [4.69, 9.17) is 33.9 Å². The number of benzene rings is 4. The molecule has 0 saturated heterocycles. The zero-order valence-corrected chi connectivity index (χ0v) is 24.7. The van der Waals surface area contributed by atoms with Crippen LogP contribution in [0.5, 0.6) is 0 Å². The maximum Gasteiger partial charge on any atom is 0.270 e. The van der Waals surface area contributed by atoms with Crippen molar-refractivity contribution in [1.29, 1.82) is 0 Å². The van der Waals surface area contributed by atoms with Gasteiger partial charge < -0.3 is 10.6 Å². The van der Waals surface area contributed by atoms with Gasteiger partial charge in [-0.2, -0.15) is 0 Å². The second-order valence-corrected chi connectivity index (χ2v) is 11.6. The molecule has 2 N–H and O–H groups in total. The van der Waals surface area contributed by atoms with Gasteiger partial charge in [0.1, 0.15) is 9.71 Å². The van der Waals surface area contributed by atoms with Gasteiger partial charge in [-0.1, -0.05) is 77.8 Å². The third-order valence-electron chi connectivity index (χ3n) is 6.99. The molecule has 6 rings (SSSR count). The van der Waals surface area contributed by atoms with Crippen molar-refractivity contribution in [3.05, 3.63) is 140 Å². The monoisotopic (exact) mass is 624 g/mol. The molecular formula is C33H22Cl2N4O3S. The number of halogens is 2. The molecule has 2 heterocycles. The van der Waals surface area contributed by atoms with Crippen LogP contribution in [0.25, 0.3) is 32.6 Å². The number of carbonyl (C=O) groups excluding carboxylic acids is 1. The number of fused-ring (bicyclic) bond motifs is 1. The van der Waals surface area contributed by atoms with Gasteiger partial charge in [0.05, 0.1) is 22.8 Å². The number of rotatable bonds is 7. The Morgan fingerprint density at radius 2 is 1.49 bits per heavy atom.